The van der Waals surface area contributed by atoms with Gasteiger partial charge in [-0.2, -0.15) is 0 Å². The minimum Gasteiger partial charge on any atom is -0.311 e. The lowest BCUT2D eigenvalue weighted by Crippen LogP contribution is -2.18. The third-order valence-electron chi connectivity index (χ3n) is 12.9. The summed E-state index contributed by atoms with van der Waals surface area (Å²) in [5.41, 5.74) is 22.4. The van der Waals surface area contributed by atoms with Gasteiger partial charge in [0.05, 0.1) is 0 Å². The maximum absolute atomic E-state index is 2.47. The summed E-state index contributed by atoms with van der Waals surface area (Å²) in [6.45, 7) is 13.9. The maximum atomic E-state index is 2.47. The summed E-state index contributed by atoms with van der Waals surface area (Å²) in [6, 6.07) is 67.0. The Balaban J connectivity index is 0.971. The summed E-state index contributed by atoms with van der Waals surface area (Å²) in [6.07, 6.45) is 4.48. The fourth-order valence-corrected chi connectivity index (χ4v) is 9.87. The molecule has 8 aromatic rings. The highest BCUT2D eigenvalue weighted by Gasteiger charge is 2.38. The lowest BCUT2D eigenvalue weighted by atomic mass is 9.81. The van der Waals surface area contributed by atoms with Crippen molar-refractivity contribution in [2.24, 2.45) is 0 Å². The summed E-state index contributed by atoms with van der Waals surface area (Å²) in [5, 5.41) is 0. The van der Waals surface area contributed by atoms with Crippen molar-refractivity contribution in [1.82, 2.24) is 0 Å². The smallest absolute Gasteiger partial charge is 0.0466 e. The number of hydrogen-bond donors (Lipinski definition) is 0. The van der Waals surface area contributed by atoms with Gasteiger partial charge in [0.15, 0.2) is 0 Å². The molecule has 0 unspecified atom stereocenters. The lowest BCUT2D eigenvalue weighted by Gasteiger charge is -2.30. The van der Waals surface area contributed by atoms with Gasteiger partial charge in [0.2, 0.25) is 0 Å². The Labute approximate surface area is 355 Å². The van der Waals surface area contributed by atoms with E-state index in [-0.39, 0.29) is 10.8 Å². The van der Waals surface area contributed by atoms with Crippen LogP contribution >= 0.6 is 0 Å². The van der Waals surface area contributed by atoms with Gasteiger partial charge in [0, 0.05) is 45.0 Å². The maximum Gasteiger partial charge on any atom is 0.0466 e. The standard InChI is InChI=1S/C58H50N2/c1-39-33-40(2)35-48(34-39)60(46-28-31-51-49-19-13-14-20-53(49)57(3,4)55(51)37-46)47-29-32-52-50-30-25-42(36-54(50)58(5,6)56(52)38-47)22-21-41-23-26-45(27-24-41)59(43-15-9-7-10-16-43)44-17-11-8-12-18-44/h7-38H,1-6H3/b22-21+. The average molecular weight is 775 g/mol. The van der Waals surface area contributed by atoms with Crippen LogP contribution in [0.25, 0.3) is 34.4 Å². The Bertz CT molecular complexity index is 2870. The molecule has 0 N–H and O–H groups in total. The number of rotatable bonds is 8. The van der Waals surface area contributed by atoms with Crippen LogP contribution in [0.4, 0.5) is 34.1 Å². The lowest BCUT2D eigenvalue weighted by molar-refractivity contribution is 0.660. The number of nitrogens with zero attached hydrogens (tertiary/aromatic N) is 2. The summed E-state index contributed by atoms with van der Waals surface area (Å²) in [7, 11) is 0. The van der Waals surface area contributed by atoms with Gasteiger partial charge in [0.25, 0.3) is 0 Å². The molecule has 0 aromatic heterocycles. The van der Waals surface area contributed by atoms with E-state index >= 15 is 0 Å². The van der Waals surface area contributed by atoms with Gasteiger partial charge in [-0.15, -0.1) is 0 Å². The Morgan fingerprint density at radius 3 is 1.30 bits per heavy atom. The van der Waals surface area contributed by atoms with Gasteiger partial charge in [0.1, 0.15) is 0 Å². The average Bonchev–Trinajstić information content (AvgIpc) is 3.62. The summed E-state index contributed by atoms with van der Waals surface area (Å²) in [5.74, 6) is 0. The predicted octanol–water partition coefficient (Wildman–Crippen LogP) is 16.0. The van der Waals surface area contributed by atoms with Gasteiger partial charge in [-0.1, -0.05) is 149 Å². The van der Waals surface area contributed by atoms with E-state index in [0.29, 0.717) is 0 Å². The highest BCUT2D eigenvalue weighted by molar-refractivity contribution is 5.89. The molecule has 2 aliphatic carbocycles. The fraction of sp³-hybridized carbons (Fsp3) is 0.138. The molecule has 2 nitrogen and oxygen atoms in total. The van der Waals surface area contributed by atoms with Crippen LogP contribution in [-0.4, -0.2) is 0 Å². The predicted molar refractivity (Wildman–Crippen MR) is 256 cm³/mol. The molecule has 0 radical (unpaired) electrons. The molecule has 2 aliphatic rings. The SMILES string of the molecule is Cc1cc(C)cc(N(c2ccc3c(c2)C(C)(C)c2ccccc2-3)c2ccc3c(c2)C(C)(C)c2cc(/C=C/c4ccc(N(c5ccccc5)c5ccccc5)cc4)ccc2-3)c1. The van der Waals surface area contributed by atoms with E-state index in [1.165, 1.54) is 78.3 Å². The molecule has 0 saturated carbocycles. The second-order valence-corrected chi connectivity index (χ2v) is 17.7. The first kappa shape index (κ1) is 37.4. The minimum absolute atomic E-state index is 0.0841. The second-order valence-electron chi connectivity index (χ2n) is 17.7. The van der Waals surface area contributed by atoms with E-state index in [0.717, 1.165) is 22.6 Å². The number of para-hydroxylation sites is 2. The number of hydrogen-bond acceptors (Lipinski definition) is 2. The van der Waals surface area contributed by atoms with Crippen LogP contribution in [0.1, 0.15) is 72.2 Å². The van der Waals surface area contributed by atoms with E-state index in [1.54, 1.807) is 0 Å². The number of anilines is 6. The van der Waals surface area contributed by atoms with Crippen molar-refractivity contribution >= 4 is 46.3 Å². The molecule has 10 rings (SSSR count). The van der Waals surface area contributed by atoms with E-state index < -0.39 is 0 Å². The molecule has 2 heteroatoms. The molecule has 60 heavy (non-hydrogen) atoms. The Kier molecular flexibility index (Phi) is 8.99. The first-order valence-corrected chi connectivity index (χ1v) is 21.2. The fourth-order valence-electron chi connectivity index (χ4n) is 9.87. The molecule has 0 aliphatic heterocycles. The molecule has 0 heterocycles. The number of aryl methyl sites for hydroxylation is 2. The molecule has 0 fully saturated rings. The van der Waals surface area contributed by atoms with Crippen LogP contribution in [0.15, 0.2) is 182 Å². The zero-order valence-electron chi connectivity index (χ0n) is 35.4. The third kappa shape index (κ3) is 6.35. The Hall–Kier alpha value is -6.90. The van der Waals surface area contributed by atoms with E-state index in [9.17, 15) is 0 Å². The molecule has 0 amide bonds. The highest BCUT2D eigenvalue weighted by atomic mass is 15.1. The van der Waals surface area contributed by atoms with Crippen LogP contribution in [-0.2, 0) is 10.8 Å². The zero-order chi connectivity index (χ0) is 41.2. The minimum atomic E-state index is -0.180. The largest absolute Gasteiger partial charge is 0.311 e. The van der Waals surface area contributed by atoms with Gasteiger partial charge in [-0.3, -0.25) is 0 Å². The Morgan fingerprint density at radius 2 is 0.717 bits per heavy atom. The van der Waals surface area contributed by atoms with Gasteiger partial charge < -0.3 is 9.80 Å². The summed E-state index contributed by atoms with van der Waals surface area (Å²) >= 11 is 0. The van der Waals surface area contributed by atoms with Crippen LogP contribution < -0.4 is 9.80 Å². The molecule has 8 aromatic carbocycles. The van der Waals surface area contributed by atoms with Crippen molar-refractivity contribution < 1.29 is 0 Å². The molecule has 0 atom stereocenters. The molecular formula is C58H50N2. The summed E-state index contributed by atoms with van der Waals surface area (Å²) in [4.78, 5) is 4.77. The first-order valence-electron chi connectivity index (χ1n) is 21.2. The molecule has 0 bridgehead atoms. The first-order chi connectivity index (χ1) is 29.1. The third-order valence-corrected chi connectivity index (χ3v) is 12.9. The van der Waals surface area contributed by atoms with Crippen molar-refractivity contribution in [2.75, 3.05) is 9.80 Å². The van der Waals surface area contributed by atoms with Crippen molar-refractivity contribution in [1.29, 1.82) is 0 Å². The molecule has 0 saturated heterocycles. The van der Waals surface area contributed by atoms with Crippen molar-refractivity contribution in [3.8, 4) is 22.3 Å². The van der Waals surface area contributed by atoms with Crippen LogP contribution in [0, 0.1) is 13.8 Å². The topological polar surface area (TPSA) is 6.48 Å². The van der Waals surface area contributed by atoms with Crippen molar-refractivity contribution in [3.63, 3.8) is 0 Å². The number of benzene rings is 8. The molecule has 0 spiro atoms. The van der Waals surface area contributed by atoms with Crippen molar-refractivity contribution in [2.45, 2.75) is 52.4 Å². The zero-order valence-corrected chi connectivity index (χ0v) is 35.4. The second kappa shape index (κ2) is 14.4. The van der Waals surface area contributed by atoms with Crippen LogP contribution in [0.5, 0.6) is 0 Å². The highest BCUT2D eigenvalue weighted by Crippen LogP contribution is 2.53. The normalized spacial score (nSPS) is 14.0. The molecule has 292 valence electrons. The van der Waals surface area contributed by atoms with E-state index in [1.807, 2.05) is 0 Å². The van der Waals surface area contributed by atoms with E-state index in [4.69, 9.17) is 0 Å². The van der Waals surface area contributed by atoms with Gasteiger partial charge >= 0.3 is 0 Å². The number of fused-ring (bicyclic) bond motifs is 6. The van der Waals surface area contributed by atoms with Crippen LogP contribution in [0.2, 0.25) is 0 Å². The summed E-state index contributed by atoms with van der Waals surface area (Å²) < 4.78 is 0. The van der Waals surface area contributed by atoms with Gasteiger partial charge in [-0.25, -0.2) is 0 Å². The Morgan fingerprint density at radius 1 is 0.317 bits per heavy atom. The quantitative estimate of drug-likeness (QED) is 0.142. The monoisotopic (exact) mass is 774 g/mol. The van der Waals surface area contributed by atoms with E-state index in [2.05, 4.69) is 245 Å². The van der Waals surface area contributed by atoms with Crippen molar-refractivity contribution in [3.05, 3.63) is 226 Å². The van der Waals surface area contributed by atoms with Crippen LogP contribution in [0.3, 0.4) is 0 Å². The molecular weight excluding hydrogens is 725 g/mol. The van der Waals surface area contributed by atoms with Gasteiger partial charge in [-0.05, 0) is 153 Å².